The van der Waals surface area contributed by atoms with E-state index in [9.17, 15) is 19.0 Å². The van der Waals surface area contributed by atoms with E-state index in [-0.39, 0.29) is 6.54 Å². The molecule has 1 rings (SSSR count). The van der Waals surface area contributed by atoms with E-state index in [0.29, 0.717) is 18.5 Å². The highest BCUT2D eigenvalue weighted by Gasteiger charge is 2.19. The maximum Gasteiger partial charge on any atom is 0.159 e. The minimum absolute atomic E-state index is 0.172. The van der Waals surface area contributed by atoms with Crippen LogP contribution in [0.25, 0.3) is 0 Å². The number of aliphatic hydroxyl groups excluding tert-OH is 1. The lowest BCUT2D eigenvalue weighted by molar-refractivity contribution is 0.0461. The fourth-order valence-corrected chi connectivity index (χ4v) is 1.94. The Morgan fingerprint density at radius 3 is 2.58 bits per heavy atom. The lowest BCUT2D eigenvalue weighted by Crippen LogP contribution is -2.39. The minimum atomic E-state index is -0.977. The van der Waals surface area contributed by atoms with Crippen LogP contribution in [0, 0.1) is 11.6 Å². The van der Waals surface area contributed by atoms with Crippen molar-refractivity contribution in [1.82, 2.24) is 5.32 Å². The Bertz CT molecular complexity index is 410. The van der Waals surface area contributed by atoms with Gasteiger partial charge in [0.05, 0.1) is 11.7 Å². The van der Waals surface area contributed by atoms with Crippen LogP contribution < -0.4 is 5.32 Å². The Hall–Kier alpha value is -1.04. The second-order valence-corrected chi connectivity index (χ2v) is 5.07. The molecule has 0 amide bonds. The quantitative estimate of drug-likeness (QED) is 0.713. The van der Waals surface area contributed by atoms with Gasteiger partial charge in [-0.3, -0.25) is 0 Å². The molecule has 0 aromatic heterocycles. The van der Waals surface area contributed by atoms with Crippen molar-refractivity contribution in [2.75, 3.05) is 13.1 Å². The summed E-state index contributed by atoms with van der Waals surface area (Å²) in [6.07, 6.45) is 0.578. The second kappa shape index (κ2) is 6.93. The zero-order valence-corrected chi connectivity index (χ0v) is 11.3. The summed E-state index contributed by atoms with van der Waals surface area (Å²) < 4.78 is 25.8. The Kier molecular flexibility index (Phi) is 5.85. The van der Waals surface area contributed by atoms with E-state index in [4.69, 9.17) is 0 Å². The first-order chi connectivity index (χ1) is 8.85. The van der Waals surface area contributed by atoms with E-state index in [1.54, 1.807) is 6.92 Å². The minimum Gasteiger partial charge on any atom is -0.389 e. The summed E-state index contributed by atoms with van der Waals surface area (Å²) >= 11 is 0. The van der Waals surface area contributed by atoms with Gasteiger partial charge in [-0.2, -0.15) is 0 Å². The first kappa shape index (κ1) is 16.0. The number of rotatable bonds is 7. The largest absolute Gasteiger partial charge is 0.389 e. The van der Waals surface area contributed by atoms with Crippen LogP contribution in [0.4, 0.5) is 8.78 Å². The van der Waals surface area contributed by atoms with Crippen LogP contribution in [-0.4, -0.2) is 28.9 Å². The van der Waals surface area contributed by atoms with Crippen molar-refractivity contribution in [2.45, 2.75) is 38.4 Å². The fourth-order valence-electron chi connectivity index (χ4n) is 1.94. The fraction of sp³-hybridized carbons (Fsp3) is 0.571. The van der Waals surface area contributed by atoms with Crippen molar-refractivity contribution in [3.8, 4) is 0 Å². The normalized spacial score (nSPS) is 16.1. The summed E-state index contributed by atoms with van der Waals surface area (Å²) in [7, 11) is 0. The van der Waals surface area contributed by atoms with Crippen LogP contribution in [0.3, 0.4) is 0 Å². The van der Waals surface area contributed by atoms with Crippen molar-refractivity contribution in [1.29, 1.82) is 0 Å². The highest BCUT2D eigenvalue weighted by atomic mass is 19.2. The third-order valence-electron chi connectivity index (χ3n) is 2.96. The topological polar surface area (TPSA) is 52.5 Å². The SMILES string of the molecule is CCCC(C)(O)CNCC(O)c1ccc(F)c(F)c1. The Balaban J connectivity index is 2.47. The molecule has 5 heteroatoms. The van der Waals surface area contributed by atoms with E-state index in [2.05, 4.69) is 5.32 Å². The Labute approximate surface area is 112 Å². The highest BCUT2D eigenvalue weighted by molar-refractivity contribution is 5.20. The third-order valence-corrected chi connectivity index (χ3v) is 2.96. The Morgan fingerprint density at radius 2 is 2.00 bits per heavy atom. The van der Waals surface area contributed by atoms with E-state index in [1.165, 1.54) is 6.07 Å². The van der Waals surface area contributed by atoms with Gasteiger partial charge in [0, 0.05) is 13.1 Å². The average molecular weight is 273 g/mol. The molecule has 3 nitrogen and oxygen atoms in total. The van der Waals surface area contributed by atoms with Crippen LogP contribution >= 0.6 is 0 Å². The van der Waals surface area contributed by atoms with E-state index < -0.39 is 23.3 Å². The highest BCUT2D eigenvalue weighted by Crippen LogP contribution is 2.16. The third kappa shape index (κ3) is 5.22. The molecule has 1 aromatic carbocycles. The molecule has 0 spiro atoms. The molecule has 0 aliphatic rings. The van der Waals surface area contributed by atoms with Gasteiger partial charge in [-0.25, -0.2) is 8.78 Å². The first-order valence-electron chi connectivity index (χ1n) is 6.42. The van der Waals surface area contributed by atoms with Crippen molar-refractivity contribution < 1.29 is 19.0 Å². The van der Waals surface area contributed by atoms with Crippen LogP contribution in [-0.2, 0) is 0 Å². The van der Waals surface area contributed by atoms with Crippen molar-refractivity contribution in [3.63, 3.8) is 0 Å². The van der Waals surface area contributed by atoms with Gasteiger partial charge < -0.3 is 15.5 Å². The van der Waals surface area contributed by atoms with E-state index >= 15 is 0 Å². The molecule has 0 aliphatic carbocycles. The maximum atomic E-state index is 13.0. The summed E-state index contributed by atoms with van der Waals surface area (Å²) in [4.78, 5) is 0. The van der Waals surface area contributed by atoms with Crippen LogP contribution in [0.1, 0.15) is 38.4 Å². The molecular weight excluding hydrogens is 252 g/mol. The molecule has 0 saturated heterocycles. The number of benzene rings is 1. The molecular formula is C14H21F2NO2. The number of nitrogens with one attached hydrogen (secondary N) is 1. The van der Waals surface area contributed by atoms with Gasteiger partial charge >= 0.3 is 0 Å². The number of halogens is 2. The van der Waals surface area contributed by atoms with E-state index in [1.807, 2.05) is 6.92 Å². The molecule has 2 atom stereocenters. The number of hydrogen-bond donors (Lipinski definition) is 3. The smallest absolute Gasteiger partial charge is 0.159 e. The Morgan fingerprint density at radius 1 is 1.32 bits per heavy atom. The van der Waals surface area contributed by atoms with Gasteiger partial charge in [0.2, 0.25) is 0 Å². The molecule has 3 N–H and O–H groups in total. The summed E-state index contributed by atoms with van der Waals surface area (Å²) in [6, 6.07) is 3.31. The summed E-state index contributed by atoms with van der Waals surface area (Å²) in [5.41, 5.74) is -0.524. The molecule has 0 saturated carbocycles. The van der Waals surface area contributed by atoms with Crippen molar-refractivity contribution in [2.24, 2.45) is 0 Å². The lowest BCUT2D eigenvalue weighted by atomic mass is 10.0. The molecule has 1 aromatic rings. The molecule has 108 valence electrons. The molecule has 0 bridgehead atoms. The average Bonchev–Trinajstić information content (AvgIpc) is 2.32. The van der Waals surface area contributed by atoms with Crippen molar-refractivity contribution >= 4 is 0 Å². The summed E-state index contributed by atoms with van der Waals surface area (Å²) in [5.74, 6) is -1.91. The lowest BCUT2D eigenvalue weighted by Gasteiger charge is -2.24. The van der Waals surface area contributed by atoms with Gasteiger partial charge in [0.15, 0.2) is 11.6 Å². The summed E-state index contributed by atoms with van der Waals surface area (Å²) in [6.45, 7) is 4.20. The zero-order valence-electron chi connectivity index (χ0n) is 11.3. The second-order valence-electron chi connectivity index (χ2n) is 5.07. The summed E-state index contributed by atoms with van der Waals surface area (Å²) in [5, 5.41) is 22.7. The zero-order chi connectivity index (χ0) is 14.5. The molecule has 19 heavy (non-hydrogen) atoms. The monoisotopic (exact) mass is 273 g/mol. The standard InChI is InChI=1S/C14H21F2NO2/c1-3-6-14(2,19)9-17-8-13(18)10-4-5-11(15)12(16)7-10/h4-5,7,13,17-19H,3,6,8-9H2,1-2H3. The van der Waals surface area contributed by atoms with Crippen molar-refractivity contribution in [3.05, 3.63) is 35.4 Å². The van der Waals surface area contributed by atoms with Crippen LogP contribution in [0.5, 0.6) is 0 Å². The molecule has 0 radical (unpaired) electrons. The first-order valence-corrected chi connectivity index (χ1v) is 6.42. The van der Waals surface area contributed by atoms with Gasteiger partial charge in [-0.15, -0.1) is 0 Å². The molecule has 0 aliphatic heterocycles. The van der Waals surface area contributed by atoms with Crippen LogP contribution in [0.2, 0.25) is 0 Å². The van der Waals surface area contributed by atoms with Crippen LogP contribution in [0.15, 0.2) is 18.2 Å². The number of hydrogen-bond acceptors (Lipinski definition) is 3. The number of aliphatic hydroxyl groups is 2. The maximum absolute atomic E-state index is 13.0. The molecule has 2 unspecified atom stereocenters. The van der Waals surface area contributed by atoms with Gasteiger partial charge in [-0.1, -0.05) is 19.4 Å². The predicted molar refractivity (Wildman–Crippen MR) is 69.7 cm³/mol. The van der Waals surface area contributed by atoms with Gasteiger partial charge in [-0.05, 0) is 31.0 Å². The molecule has 0 heterocycles. The van der Waals surface area contributed by atoms with E-state index in [0.717, 1.165) is 18.6 Å². The van der Waals surface area contributed by atoms with Gasteiger partial charge in [0.1, 0.15) is 0 Å². The molecule has 0 fully saturated rings. The predicted octanol–water partition coefficient (Wildman–Crippen LogP) is 2.14. The van der Waals surface area contributed by atoms with Gasteiger partial charge in [0.25, 0.3) is 0 Å².